The Bertz CT molecular complexity index is 612. The average molecular weight is 290 g/mol. The maximum atomic E-state index is 12.2. The second kappa shape index (κ2) is 6.85. The molecule has 0 fully saturated rings. The van der Waals surface area contributed by atoms with Crippen molar-refractivity contribution in [1.82, 2.24) is 15.5 Å². The van der Waals surface area contributed by atoms with Crippen LogP contribution in [0.3, 0.4) is 0 Å². The zero-order valence-electron chi connectivity index (χ0n) is 12.0. The molecule has 2 aromatic rings. The van der Waals surface area contributed by atoms with Gasteiger partial charge in [0.05, 0.1) is 5.56 Å². The van der Waals surface area contributed by atoms with E-state index >= 15 is 0 Å². The molecule has 21 heavy (non-hydrogen) atoms. The number of rotatable bonds is 6. The third kappa shape index (κ3) is 4.03. The predicted molar refractivity (Wildman–Crippen MR) is 75.8 cm³/mol. The number of ether oxygens (including phenoxy) is 1. The highest BCUT2D eigenvalue weighted by atomic mass is 16.5. The number of para-hydroxylation sites is 1. The van der Waals surface area contributed by atoms with Crippen LogP contribution in [-0.4, -0.2) is 28.6 Å². The van der Waals surface area contributed by atoms with Crippen LogP contribution in [0.5, 0.6) is 5.75 Å². The van der Waals surface area contributed by atoms with E-state index in [0.29, 0.717) is 29.6 Å². The van der Waals surface area contributed by atoms with E-state index in [2.05, 4.69) is 15.5 Å². The number of benzene rings is 1. The van der Waals surface area contributed by atoms with E-state index in [4.69, 9.17) is 15.0 Å². The highest BCUT2D eigenvalue weighted by molar-refractivity contribution is 5.97. The Hall–Kier alpha value is -2.41. The van der Waals surface area contributed by atoms with E-state index < -0.39 is 0 Å². The van der Waals surface area contributed by atoms with Crippen molar-refractivity contribution >= 4 is 5.91 Å². The molecule has 1 atom stereocenters. The molecule has 1 heterocycles. The average Bonchev–Trinajstić information content (AvgIpc) is 2.90. The molecule has 0 aliphatic heterocycles. The monoisotopic (exact) mass is 290 g/mol. The van der Waals surface area contributed by atoms with Crippen LogP contribution < -0.4 is 15.8 Å². The molecule has 2 rings (SSSR count). The number of carbonyl (C=O) groups excluding carboxylic acids is 1. The van der Waals surface area contributed by atoms with Crippen LogP contribution in [0.4, 0.5) is 0 Å². The lowest BCUT2D eigenvalue weighted by atomic mass is 10.1. The number of nitrogens with one attached hydrogen (secondary N) is 1. The number of aryl methyl sites for hydroxylation is 1. The molecule has 1 aromatic carbocycles. The summed E-state index contributed by atoms with van der Waals surface area (Å²) in [5, 5.41) is 6.53. The fourth-order valence-corrected chi connectivity index (χ4v) is 1.68. The van der Waals surface area contributed by atoms with Crippen LogP contribution in [-0.2, 0) is 6.61 Å². The van der Waals surface area contributed by atoms with Crippen LogP contribution in [0, 0.1) is 6.92 Å². The van der Waals surface area contributed by atoms with E-state index in [9.17, 15) is 4.79 Å². The van der Waals surface area contributed by atoms with Gasteiger partial charge in [0.15, 0.2) is 6.61 Å². The van der Waals surface area contributed by atoms with Gasteiger partial charge in [-0.15, -0.1) is 0 Å². The molecule has 0 aliphatic rings. The number of amides is 1. The normalized spacial score (nSPS) is 12.0. The van der Waals surface area contributed by atoms with Crippen LogP contribution in [0.25, 0.3) is 0 Å². The first kappa shape index (κ1) is 15.0. The maximum Gasteiger partial charge on any atom is 0.255 e. The molecule has 112 valence electrons. The number of aromatic nitrogens is 2. The number of nitrogens with zero attached hydrogens (tertiary/aromatic N) is 2. The van der Waals surface area contributed by atoms with Crippen molar-refractivity contribution in [2.24, 2.45) is 5.73 Å². The van der Waals surface area contributed by atoms with Crippen LogP contribution in [0.15, 0.2) is 28.8 Å². The van der Waals surface area contributed by atoms with Crippen LogP contribution >= 0.6 is 0 Å². The molecule has 0 saturated heterocycles. The molecule has 7 heteroatoms. The molecule has 0 saturated carbocycles. The van der Waals surface area contributed by atoms with Crippen molar-refractivity contribution in [3.63, 3.8) is 0 Å². The summed E-state index contributed by atoms with van der Waals surface area (Å²) in [5.74, 6) is 1.13. The Morgan fingerprint density at radius 1 is 1.48 bits per heavy atom. The maximum absolute atomic E-state index is 12.2. The van der Waals surface area contributed by atoms with Crippen molar-refractivity contribution in [2.45, 2.75) is 26.5 Å². The highest BCUT2D eigenvalue weighted by Crippen LogP contribution is 2.19. The summed E-state index contributed by atoms with van der Waals surface area (Å²) in [4.78, 5) is 16.2. The Balaban J connectivity index is 2.07. The predicted octanol–water partition coefficient (Wildman–Crippen LogP) is 1.03. The van der Waals surface area contributed by atoms with Gasteiger partial charge in [-0.3, -0.25) is 4.79 Å². The van der Waals surface area contributed by atoms with Gasteiger partial charge < -0.3 is 20.3 Å². The van der Waals surface area contributed by atoms with Crippen LogP contribution in [0.1, 0.15) is 29.0 Å². The van der Waals surface area contributed by atoms with Gasteiger partial charge in [-0.1, -0.05) is 17.3 Å². The fraction of sp³-hybridized carbons (Fsp3) is 0.357. The third-order valence-corrected chi connectivity index (χ3v) is 2.79. The van der Waals surface area contributed by atoms with Gasteiger partial charge in [0.25, 0.3) is 5.91 Å². The summed E-state index contributed by atoms with van der Waals surface area (Å²) in [6.45, 7) is 4.04. The summed E-state index contributed by atoms with van der Waals surface area (Å²) in [6.07, 6.45) is 0. The highest BCUT2D eigenvalue weighted by Gasteiger charge is 2.14. The molecule has 0 radical (unpaired) electrons. The Morgan fingerprint density at radius 3 is 2.90 bits per heavy atom. The van der Waals surface area contributed by atoms with E-state index in [1.165, 1.54) is 0 Å². The van der Waals surface area contributed by atoms with Gasteiger partial charge in [-0.2, -0.15) is 4.98 Å². The molecule has 1 aromatic heterocycles. The van der Waals surface area contributed by atoms with E-state index in [1.807, 2.05) is 6.92 Å². The summed E-state index contributed by atoms with van der Waals surface area (Å²) in [6, 6.07) is 6.86. The number of carbonyl (C=O) groups is 1. The molecular weight excluding hydrogens is 272 g/mol. The van der Waals surface area contributed by atoms with Crippen molar-refractivity contribution in [2.75, 3.05) is 6.54 Å². The molecular formula is C14H18N4O3. The zero-order valence-corrected chi connectivity index (χ0v) is 12.0. The van der Waals surface area contributed by atoms with Gasteiger partial charge in [0, 0.05) is 19.5 Å². The van der Waals surface area contributed by atoms with Gasteiger partial charge >= 0.3 is 0 Å². The molecule has 0 bridgehead atoms. The minimum absolute atomic E-state index is 0.106. The Kier molecular flexibility index (Phi) is 4.89. The summed E-state index contributed by atoms with van der Waals surface area (Å²) < 4.78 is 10.5. The molecule has 7 nitrogen and oxygen atoms in total. The molecule has 0 spiro atoms. The lowest BCUT2D eigenvalue weighted by Gasteiger charge is -2.14. The molecule has 0 unspecified atom stereocenters. The van der Waals surface area contributed by atoms with Gasteiger partial charge in [0.1, 0.15) is 5.75 Å². The Labute approximate surface area is 122 Å². The van der Waals surface area contributed by atoms with Gasteiger partial charge in [-0.05, 0) is 19.1 Å². The third-order valence-electron chi connectivity index (χ3n) is 2.79. The van der Waals surface area contributed by atoms with Crippen molar-refractivity contribution < 1.29 is 14.1 Å². The Morgan fingerprint density at radius 2 is 2.24 bits per heavy atom. The topological polar surface area (TPSA) is 103 Å². The minimum Gasteiger partial charge on any atom is -0.485 e. The van der Waals surface area contributed by atoms with E-state index in [0.717, 1.165) is 0 Å². The largest absolute Gasteiger partial charge is 0.485 e. The first-order chi connectivity index (χ1) is 10.1. The summed E-state index contributed by atoms with van der Waals surface area (Å²) in [7, 11) is 0. The lowest BCUT2D eigenvalue weighted by Crippen LogP contribution is -2.37. The first-order valence-corrected chi connectivity index (χ1v) is 6.62. The first-order valence-electron chi connectivity index (χ1n) is 6.62. The van der Waals surface area contributed by atoms with E-state index in [-0.39, 0.29) is 18.6 Å². The van der Waals surface area contributed by atoms with Crippen molar-refractivity contribution in [3.05, 3.63) is 41.5 Å². The van der Waals surface area contributed by atoms with Crippen molar-refractivity contribution in [3.8, 4) is 5.75 Å². The van der Waals surface area contributed by atoms with Crippen LogP contribution in [0.2, 0.25) is 0 Å². The molecule has 1 amide bonds. The number of hydrogen-bond donors (Lipinski definition) is 2. The number of hydrogen-bond acceptors (Lipinski definition) is 6. The van der Waals surface area contributed by atoms with Crippen molar-refractivity contribution in [1.29, 1.82) is 0 Å². The zero-order chi connectivity index (χ0) is 15.2. The second-order valence-corrected chi connectivity index (χ2v) is 4.62. The van der Waals surface area contributed by atoms with E-state index in [1.54, 1.807) is 31.2 Å². The summed E-state index contributed by atoms with van der Waals surface area (Å²) in [5.41, 5.74) is 5.94. The standard InChI is InChI=1S/C14H18N4O3/c1-9(7-15)16-14(19)11-5-3-4-6-12(11)20-8-13-17-10(2)21-18-13/h3-6,9H,7-8,15H2,1-2H3,(H,16,19)/t9-/m0/s1. The second-order valence-electron chi connectivity index (χ2n) is 4.62. The lowest BCUT2D eigenvalue weighted by molar-refractivity contribution is 0.0936. The number of nitrogens with two attached hydrogens (primary N) is 1. The molecule has 3 N–H and O–H groups in total. The van der Waals surface area contributed by atoms with Gasteiger partial charge in [-0.25, -0.2) is 0 Å². The summed E-state index contributed by atoms with van der Waals surface area (Å²) >= 11 is 0. The van der Waals surface area contributed by atoms with Gasteiger partial charge in [0.2, 0.25) is 11.7 Å². The fourth-order valence-electron chi connectivity index (χ4n) is 1.68. The smallest absolute Gasteiger partial charge is 0.255 e. The minimum atomic E-state index is -0.229. The SMILES string of the molecule is Cc1nc(COc2ccccc2C(=O)N[C@@H](C)CN)no1. The molecule has 0 aliphatic carbocycles. The quantitative estimate of drug-likeness (QED) is 0.823.